The molecule has 1 aromatic heterocycles. The van der Waals surface area contributed by atoms with Crippen molar-refractivity contribution in [2.75, 3.05) is 32.8 Å². The van der Waals surface area contributed by atoms with Gasteiger partial charge in [0.1, 0.15) is 5.82 Å². The van der Waals surface area contributed by atoms with Crippen molar-refractivity contribution in [2.45, 2.75) is 39.8 Å². The Morgan fingerprint density at radius 3 is 2.39 bits per heavy atom. The zero-order valence-corrected chi connectivity index (χ0v) is 17.2. The standard InChI is InChI=1S/C22H30FN3O2/c1-15(2)26-16(3)13-20(17(26)4)22(27)24-14-21(25-9-11-28-12-10-25)18-5-7-19(23)8-6-18/h5-8,13,15,21H,9-12,14H2,1-4H3,(H,24,27). The van der Waals surface area contributed by atoms with Crippen molar-refractivity contribution in [3.8, 4) is 0 Å². The average molecular weight is 387 g/mol. The molecule has 3 rings (SSSR count). The van der Waals surface area contributed by atoms with Crippen molar-refractivity contribution < 1.29 is 13.9 Å². The molecule has 1 aromatic carbocycles. The molecule has 1 atom stereocenters. The molecule has 152 valence electrons. The number of nitrogens with zero attached hydrogens (tertiary/aromatic N) is 2. The summed E-state index contributed by atoms with van der Waals surface area (Å²) < 4.78 is 21.0. The lowest BCUT2D eigenvalue weighted by Crippen LogP contribution is -2.43. The Morgan fingerprint density at radius 2 is 1.82 bits per heavy atom. The van der Waals surface area contributed by atoms with E-state index in [1.165, 1.54) is 12.1 Å². The molecule has 5 nitrogen and oxygen atoms in total. The van der Waals surface area contributed by atoms with Gasteiger partial charge in [-0.05, 0) is 51.5 Å². The number of aromatic nitrogens is 1. The van der Waals surface area contributed by atoms with E-state index in [0.717, 1.165) is 30.0 Å². The molecule has 2 heterocycles. The van der Waals surface area contributed by atoms with Crippen LogP contribution in [0, 0.1) is 19.7 Å². The van der Waals surface area contributed by atoms with Crippen LogP contribution in [0.2, 0.25) is 0 Å². The second kappa shape index (κ2) is 8.88. The van der Waals surface area contributed by atoms with Crippen molar-refractivity contribution in [3.05, 3.63) is 58.7 Å². The number of nitrogens with one attached hydrogen (secondary N) is 1. The van der Waals surface area contributed by atoms with Crippen LogP contribution in [0.3, 0.4) is 0 Å². The SMILES string of the molecule is Cc1cc(C(=O)NCC(c2ccc(F)cc2)N2CCOCC2)c(C)n1C(C)C. The topological polar surface area (TPSA) is 46.5 Å². The number of morpholine rings is 1. The molecule has 1 amide bonds. The summed E-state index contributed by atoms with van der Waals surface area (Å²) in [5.74, 6) is -0.324. The smallest absolute Gasteiger partial charge is 0.253 e. The first-order valence-electron chi connectivity index (χ1n) is 9.92. The van der Waals surface area contributed by atoms with Crippen LogP contribution in [0.15, 0.2) is 30.3 Å². The van der Waals surface area contributed by atoms with Crippen molar-refractivity contribution >= 4 is 5.91 Å². The van der Waals surface area contributed by atoms with Crippen molar-refractivity contribution in [3.63, 3.8) is 0 Å². The fraction of sp³-hybridized carbons (Fsp3) is 0.500. The Morgan fingerprint density at radius 1 is 1.18 bits per heavy atom. The van der Waals surface area contributed by atoms with Gasteiger partial charge in [0.25, 0.3) is 5.91 Å². The molecule has 6 heteroatoms. The minimum absolute atomic E-state index is 0.0120. The molecule has 0 aliphatic carbocycles. The van der Waals surface area contributed by atoms with Gasteiger partial charge in [0.05, 0.1) is 24.8 Å². The van der Waals surface area contributed by atoms with Gasteiger partial charge in [0.15, 0.2) is 0 Å². The van der Waals surface area contributed by atoms with E-state index in [1.807, 2.05) is 19.9 Å². The number of carbonyl (C=O) groups is 1. The zero-order valence-electron chi connectivity index (χ0n) is 17.2. The van der Waals surface area contributed by atoms with Gasteiger partial charge in [-0.3, -0.25) is 9.69 Å². The number of rotatable bonds is 6. The maximum atomic E-state index is 13.4. The molecule has 1 unspecified atom stereocenters. The lowest BCUT2D eigenvalue weighted by atomic mass is 10.0. The lowest BCUT2D eigenvalue weighted by molar-refractivity contribution is 0.0162. The average Bonchev–Trinajstić information content (AvgIpc) is 2.98. The second-order valence-corrected chi connectivity index (χ2v) is 7.67. The highest BCUT2D eigenvalue weighted by molar-refractivity contribution is 5.95. The van der Waals surface area contributed by atoms with Gasteiger partial charge in [-0.1, -0.05) is 12.1 Å². The second-order valence-electron chi connectivity index (χ2n) is 7.67. The van der Waals surface area contributed by atoms with Crippen LogP contribution < -0.4 is 5.32 Å². The molecule has 1 saturated heterocycles. The molecule has 1 fully saturated rings. The number of benzene rings is 1. The quantitative estimate of drug-likeness (QED) is 0.823. The molecular formula is C22H30FN3O2. The molecule has 1 aliphatic rings. The molecule has 1 aliphatic heterocycles. The summed E-state index contributed by atoms with van der Waals surface area (Å²) in [6.45, 7) is 11.6. The number of hydrogen-bond donors (Lipinski definition) is 1. The number of halogens is 1. The van der Waals surface area contributed by atoms with Gasteiger partial charge in [-0.15, -0.1) is 0 Å². The molecule has 1 N–H and O–H groups in total. The van der Waals surface area contributed by atoms with Gasteiger partial charge in [0, 0.05) is 37.1 Å². The Kier molecular flexibility index (Phi) is 6.52. The number of carbonyl (C=O) groups excluding carboxylic acids is 1. The minimum atomic E-state index is -0.255. The minimum Gasteiger partial charge on any atom is -0.379 e. The summed E-state index contributed by atoms with van der Waals surface area (Å²) in [5.41, 5.74) is 3.78. The third kappa shape index (κ3) is 4.45. The zero-order chi connectivity index (χ0) is 20.3. The van der Waals surface area contributed by atoms with E-state index >= 15 is 0 Å². The molecule has 28 heavy (non-hydrogen) atoms. The van der Waals surface area contributed by atoms with E-state index < -0.39 is 0 Å². The third-order valence-corrected chi connectivity index (χ3v) is 5.44. The highest BCUT2D eigenvalue weighted by atomic mass is 19.1. The Bertz CT molecular complexity index is 808. The fourth-order valence-electron chi connectivity index (χ4n) is 4.12. The number of aryl methyl sites for hydroxylation is 1. The summed E-state index contributed by atoms with van der Waals surface area (Å²) in [6.07, 6.45) is 0. The fourth-order valence-corrected chi connectivity index (χ4v) is 4.12. The van der Waals surface area contributed by atoms with Crippen LogP contribution in [-0.4, -0.2) is 48.2 Å². The predicted molar refractivity (Wildman–Crippen MR) is 108 cm³/mol. The normalized spacial score (nSPS) is 16.4. The summed E-state index contributed by atoms with van der Waals surface area (Å²) in [4.78, 5) is 15.2. The van der Waals surface area contributed by atoms with E-state index in [1.54, 1.807) is 12.1 Å². The molecule has 0 saturated carbocycles. The van der Waals surface area contributed by atoms with Crippen LogP contribution in [0.25, 0.3) is 0 Å². The largest absolute Gasteiger partial charge is 0.379 e. The van der Waals surface area contributed by atoms with Crippen molar-refractivity contribution in [1.82, 2.24) is 14.8 Å². The van der Waals surface area contributed by atoms with Crippen LogP contribution >= 0.6 is 0 Å². The molecule has 0 bridgehead atoms. The number of amides is 1. The van der Waals surface area contributed by atoms with Gasteiger partial charge >= 0.3 is 0 Å². The van der Waals surface area contributed by atoms with E-state index in [4.69, 9.17) is 4.74 Å². The van der Waals surface area contributed by atoms with Crippen molar-refractivity contribution in [1.29, 1.82) is 0 Å². The summed E-state index contributed by atoms with van der Waals surface area (Å²) in [6, 6.07) is 8.79. The monoisotopic (exact) mass is 387 g/mol. The molecule has 0 spiro atoms. The predicted octanol–water partition coefficient (Wildman–Crippen LogP) is 3.63. The maximum Gasteiger partial charge on any atom is 0.253 e. The Labute approximate surface area is 166 Å². The van der Waals surface area contributed by atoms with E-state index in [0.29, 0.717) is 31.4 Å². The van der Waals surface area contributed by atoms with Gasteiger partial charge in [-0.2, -0.15) is 0 Å². The lowest BCUT2D eigenvalue weighted by Gasteiger charge is -2.35. The molecular weight excluding hydrogens is 357 g/mol. The van der Waals surface area contributed by atoms with Crippen LogP contribution in [-0.2, 0) is 4.74 Å². The highest BCUT2D eigenvalue weighted by Crippen LogP contribution is 2.23. The molecule has 2 aromatic rings. The Balaban J connectivity index is 1.77. The number of hydrogen-bond acceptors (Lipinski definition) is 3. The van der Waals surface area contributed by atoms with Gasteiger partial charge in [0.2, 0.25) is 0 Å². The van der Waals surface area contributed by atoms with E-state index in [9.17, 15) is 9.18 Å². The summed E-state index contributed by atoms with van der Waals surface area (Å²) in [5, 5.41) is 3.10. The van der Waals surface area contributed by atoms with Gasteiger partial charge in [-0.25, -0.2) is 4.39 Å². The first-order chi connectivity index (χ1) is 13.4. The summed E-state index contributed by atoms with van der Waals surface area (Å²) >= 11 is 0. The van der Waals surface area contributed by atoms with Crippen LogP contribution in [0.4, 0.5) is 4.39 Å². The van der Waals surface area contributed by atoms with Gasteiger partial charge < -0.3 is 14.6 Å². The first-order valence-corrected chi connectivity index (χ1v) is 9.92. The molecule has 0 radical (unpaired) electrons. The van der Waals surface area contributed by atoms with Crippen molar-refractivity contribution in [2.24, 2.45) is 0 Å². The third-order valence-electron chi connectivity index (χ3n) is 5.44. The summed E-state index contributed by atoms with van der Waals surface area (Å²) in [7, 11) is 0. The Hall–Kier alpha value is -2.18. The van der Waals surface area contributed by atoms with E-state index in [2.05, 4.69) is 28.6 Å². The first kappa shape index (κ1) is 20.6. The van der Waals surface area contributed by atoms with Crippen LogP contribution in [0.1, 0.15) is 53.2 Å². The van der Waals surface area contributed by atoms with Crippen LogP contribution in [0.5, 0.6) is 0 Å². The maximum absolute atomic E-state index is 13.4. The highest BCUT2D eigenvalue weighted by Gasteiger charge is 2.24. The van der Waals surface area contributed by atoms with E-state index in [-0.39, 0.29) is 17.8 Å². The number of ether oxygens (including phenoxy) is 1.